The molecular formula is C20H28N2O2. The summed E-state index contributed by atoms with van der Waals surface area (Å²) in [6.45, 7) is 2.22. The number of benzene rings is 2. The van der Waals surface area contributed by atoms with Gasteiger partial charge in [0.25, 0.3) is 0 Å². The molecule has 0 aliphatic rings. The first-order chi connectivity index (χ1) is 11.7. The molecule has 4 nitrogen and oxygen atoms in total. The molecule has 0 fully saturated rings. The summed E-state index contributed by atoms with van der Waals surface area (Å²) < 4.78 is 12.0. The van der Waals surface area contributed by atoms with Gasteiger partial charge in [-0.05, 0) is 55.0 Å². The van der Waals surface area contributed by atoms with E-state index in [0.29, 0.717) is 0 Å². The van der Waals surface area contributed by atoms with Crippen molar-refractivity contribution in [3.63, 3.8) is 0 Å². The monoisotopic (exact) mass is 328 g/mol. The van der Waals surface area contributed by atoms with Crippen LogP contribution < -0.4 is 20.9 Å². The summed E-state index contributed by atoms with van der Waals surface area (Å²) in [7, 11) is 0. The smallest absolute Gasteiger partial charge is 0.241 e. The molecule has 0 radical (unpaired) electrons. The second kappa shape index (κ2) is 9.71. The Balaban J connectivity index is 1.94. The largest absolute Gasteiger partial charge is 0.455 e. The van der Waals surface area contributed by atoms with E-state index in [1.165, 1.54) is 25.7 Å². The summed E-state index contributed by atoms with van der Waals surface area (Å²) in [5, 5.41) is 0. The average Bonchev–Trinajstić information content (AvgIpc) is 2.58. The van der Waals surface area contributed by atoms with Crippen LogP contribution in [0.25, 0.3) is 0 Å². The van der Waals surface area contributed by atoms with Gasteiger partial charge in [-0.2, -0.15) is 0 Å². The normalized spacial score (nSPS) is 10.8. The van der Waals surface area contributed by atoms with Gasteiger partial charge < -0.3 is 20.9 Å². The first kappa shape index (κ1) is 18.0. The number of ether oxygens (including phenoxy) is 2. The lowest BCUT2D eigenvalue weighted by Gasteiger charge is -2.21. The zero-order valence-electron chi connectivity index (χ0n) is 14.4. The number of hydrogen-bond donors (Lipinski definition) is 2. The molecule has 0 heterocycles. The van der Waals surface area contributed by atoms with Gasteiger partial charge in [-0.25, -0.2) is 0 Å². The first-order valence-corrected chi connectivity index (χ1v) is 8.72. The molecule has 0 aromatic heterocycles. The molecule has 0 aliphatic heterocycles. The van der Waals surface area contributed by atoms with E-state index < -0.39 is 0 Å². The molecule has 0 unspecified atom stereocenters. The number of nitrogens with two attached hydrogens (primary N) is 2. The molecule has 0 aliphatic carbocycles. The summed E-state index contributed by atoms with van der Waals surface area (Å²) in [6, 6.07) is 14.8. The maximum absolute atomic E-state index is 6.00. The minimum absolute atomic E-state index is 0.320. The maximum Gasteiger partial charge on any atom is 0.241 e. The van der Waals surface area contributed by atoms with Crippen molar-refractivity contribution in [3.8, 4) is 11.5 Å². The van der Waals surface area contributed by atoms with Gasteiger partial charge in [-0.3, -0.25) is 0 Å². The van der Waals surface area contributed by atoms with E-state index in [2.05, 4.69) is 6.92 Å². The Labute approximate surface area is 144 Å². The van der Waals surface area contributed by atoms with Crippen molar-refractivity contribution in [3.05, 3.63) is 48.5 Å². The topological polar surface area (TPSA) is 70.5 Å². The minimum Gasteiger partial charge on any atom is -0.455 e. The van der Waals surface area contributed by atoms with Crippen LogP contribution in [0.5, 0.6) is 11.5 Å². The predicted octanol–water partition coefficient (Wildman–Crippen LogP) is 5.00. The van der Waals surface area contributed by atoms with Crippen molar-refractivity contribution < 1.29 is 9.47 Å². The summed E-state index contributed by atoms with van der Waals surface area (Å²) in [6.07, 6.45) is 6.58. The average molecular weight is 328 g/mol. The van der Waals surface area contributed by atoms with E-state index in [-0.39, 0.29) is 6.29 Å². The molecule has 2 aromatic carbocycles. The predicted molar refractivity (Wildman–Crippen MR) is 100 cm³/mol. The van der Waals surface area contributed by atoms with Crippen LogP contribution in [0.3, 0.4) is 0 Å². The van der Waals surface area contributed by atoms with Gasteiger partial charge >= 0.3 is 0 Å². The molecule has 2 rings (SSSR count). The molecule has 0 atom stereocenters. The van der Waals surface area contributed by atoms with E-state index >= 15 is 0 Å². The number of rotatable bonds is 10. The van der Waals surface area contributed by atoms with Crippen molar-refractivity contribution >= 4 is 11.4 Å². The second-order valence-corrected chi connectivity index (χ2v) is 6.01. The molecular weight excluding hydrogens is 300 g/mol. The van der Waals surface area contributed by atoms with Crippen LogP contribution in [-0.4, -0.2) is 6.29 Å². The Hall–Kier alpha value is -2.36. The number of hydrogen-bond acceptors (Lipinski definition) is 4. The number of anilines is 2. The Kier molecular flexibility index (Phi) is 7.27. The maximum atomic E-state index is 6.00. The summed E-state index contributed by atoms with van der Waals surface area (Å²) in [4.78, 5) is 0. The third kappa shape index (κ3) is 6.41. The summed E-state index contributed by atoms with van der Waals surface area (Å²) >= 11 is 0. The highest BCUT2D eigenvalue weighted by molar-refractivity contribution is 5.42. The van der Waals surface area contributed by atoms with E-state index in [0.717, 1.165) is 35.7 Å². The van der Waals surface area contributed by atoms with E-state index in [1.54, 1.807) is 0 Å². The quantitative estimate of drug-likeness (QED) is 0.366. The molecule has 0 saturated heterocycles. The molecule has 0 spiro atoms. The van der Waals surface area contributed by atoms with Crippen molar-refractivity contribution in [2.45, 2.75) is 51.7 Å². The fraction of sp³-hybridized carbons (Fsp3) is 0.400. The van der Waals surface area contributed by atoms with Gasteiger partial charge in [0.15, 0.2) is 0 Å². The highest BCUT2D eigenvalue weighted by atomic mass is 16.7. The fourth-order valence-electron chi connectivity index (χ4n) is 2.45. The van der Waals surface area contributed by atoms with Crippen molar-refractivity contribution in [2.24, 2.45) is 0 Å². The fourth-order valence-corrected chi connectivity index (χ4v) is 2.45. The SMILES string of the molecule is CCCCCCCC(Oc1ccc(N)cc1)Oc1ccc(N)cc1. The van der Waals surface area contributed by atoms with Gasteiger partial charge in [-0.1, -0.05) is 32.6 Å². The highest BCUT2D eigenvalue weighted by Crippen LogP contribution is 2.21. The lowest BCUT2D eigenvalue weighted by atomic mass is 10.1. The van der Waals surface area contributed by atoms with Crippen LogP contribution in [0.4, 0.5) is 11.4 Å². The van der Waals surface area contributed by atoms with Gasteiger partial charge in [0.1, 0.15) is 11.5 Å². The first-order valence-electron chi connectivity index (χ1n) is 8.72. The van der Waals surface area contributed by atoms with Crippen LogP contribution in [0.15, 0.2) is 48.5 Å². The Bertz CT molecular complexity index is 534. The van der Waals surface area contributed by atoms with Gasteiger partial charge in [-0.15, -0.1) is 0 Å². The van der Waals surface area contributed by atoms with Gasteiger partial charge in [0.2, 0.25) is 6.29 Å². The summed E-state index contributed by atoms with van der Waals surface area (Å²) in [5.41, 5.74) is 12.9. The summed E-state index contributed by atoms with van der Waals surface area (Å²) in [5.74, 6) is 1.52. The lowest BCUT2D eigenvalue weighted by Crippen LogP contribution is -2.24. The van der Waals surface area contributed by atoms with Crippen LogP contribution in [0, 0.1) is 0 Å². The number of unbranched alkanes of at least 4 members (excludes halogenated alkanes) is 4. The molecule has 4 heteroatoms. The molecule has 0 bridgehead atoms. The Morgan fingerprint density at radius 2 is 1.17 bits per heavy atom. The molecule has 0 amide bonds. The zero-order chi connectivity index (χ0) is 17.2. The minimum atomic E-state index is -0.320. The molecule has 0 saturated carbocycles. The third-order valence-electron chi connectivity index (χ3n) is 3.84. The van der Waals surface area contributed by atoms with Crippen LogP contribution in [0.1, 0.15) is 45.4 Å². The standard InChI is InChI=1S/C20H28N2O2/c1-2-3-4-5-6-7-20(23-18-12-8-16(21)9-13-18)24-19-14-10-17(22)11-15-19/h8-15,20H,2-7,21-22H2,1H3. The highest BCUT2D eigenvalue weighted by Gasteiger charge is 2.12. The Morgan fingerprint density at radius 3 is 1.62 bits per heavy atom. The number of nitrogen functional groups attached to an aromatic ring is 2. The molecule has 24 heavy (non-hydrogen) atoms. The van der Waals surface area contributed by atoms with E-state index in [1.807, 2.05) is 48.5 Å². The molecule has 2 aromatic rings. The van der Waals surface area contributed by atoms with Gasteiger partial charge in [0.05, 0.1) is 0 Å². The van der Waals surface area contributed by atoms with E-state index in [4.69, 9.17) is 20.9 Å². The second-order valence-electron chi connectivity index (χ2n) is 6.01. The zero-order valence-corrected chi connectivity index (χ0v) is 14.4. The lowest BCUT2D eigenvalue weighted by molar-refractivity contribution is -0.00243. The molecule has 130 valence electrons. The van der Waals surface area contributed by atoms with Crippen LogP contribution in [-0.2, 0) is 0 Å². The third-order valence-corrected chi connectivity index (χ3v) is 3.84. The van der Waals surface area contributed by atoms with Crippen molar-refractivity contribution in [2.75, 3.05) is 11.5 Å². The van der Waals surface area contributed by atoms with Gasteiger partial charge in [0, 0.05) is 17.8 Å². The Morgan fingerprint density at radius 1 is 0.708 bits per heavy atom. The van der Waals surface area contributed by atoms with Crippen molar-refractivity contribution in [1.29, 1.82) is 0 Å². The molecule has 4 N–H and O–H groups in total. The van der Waals surface area contributed by atoms with E-state index in [9.17, 15) is 0 Å². The van der Waals surface area contributed by atoms with Crippen LogP contribution in [0.2, 0.25) is 0 Å². The van der Waals surface area contributed by atoms with Crippen LogP contribution >= 0.6 is 0 Å². The van der Waals surface area contributed by atoms with Crippen molar-refractivity contribution in [1.82, 2.24) is 0 Å².